The number of nitrogens with two attached hydrogens (primary N) is 1. The molecule has 1 aliphatic heterocycles. The van der Waals surface area contributed by atoms with Crippen molar-refractivity contribution in [2.45, 2.75) is 25.9 Å². The maximum absolute atomic E-state index is 10.7. The van der Waals surface area contributed by atoms with Gasteiger partial charge in [0.15, 0.2) is 0 Å². The summed E-state index contributed by atoms with van der Waals surface area (Å²) in [5, 5.41) is 13.5. The Balaban J connectivity index is 2.25. The molecule has 1 heterocycles. The average molecular weight is 271 g/mol. The van der Waals surface area contributed by atoms with Crippen LogP contribution in [0.5, 0.6) is 0 Å². The van der Waals surface area contributed by atoms with Crippen LogP contribution in [0.1, 0.15) is 13.8 Å². The quantitative estimate of drug-likeness (QED) is 0.653. The molecule has 98 valence electrons. The normalized spacial score (nSPS) is 24.1. The standard InChI is InChI=1S/C12H16ClN3O2/c1-8-6-15(7-9(2)14-8)12-4-3-10(16(17)18)5-11(12)13/h3-5,8-9,14H,6-7H2,1-2H3/p+1. The Morgan fingerprint density at radius 3 is 2.50 bits per heavy atom. The molecule has 18 heavy (non-hydrogen) atoms. The number of benzene rings is 1. The van der Waals surface area contributed by atoms with Gasteiger partial charge in [0.05, 0.1) is 28.7 Å². The third-order valence-corrected chi connectivity index (χ3v) is 3.46. The Hall–Kier alpha value is -1.33. The number of piperazine rings is 1. The minimum absolute atomic E-state index is 0.0356. The third kappa shape index (κ3) is 2.73. The number of quaternary nitrogens is 1. The number of nitrogens with zero attached hydrogens (tertiary/aromatic N) is 2. The van der Waals surface area contributed by atoms with E-state index in [0.717, 1.165) is 18.8 Å². The molecule has 5 nitrogen and oxygen atoms in total. The van der Waals surface area contributed by atoms with Crippen LogP contribution in [0.15, 0.2) is 18.2 Å². The van der Waals surface area contributed by atoms with Crippen LogP contribution in [0.4, 0.5) is 11.4 Å². The first-order valence-electron chi connectivity index (χ1n) is 6.01. The molecule has 2 rings (SSSR count). The highest BCUT2D eigenvalue weighted by Crippen LogP contribution is 2.30. The van der Waals surface area contributed by atoms with E-state index in [0.29, 0.717) is 17.1 Å². The summed E-state index contributed by atoms with van der Waals surface area (Å²) >= 11 is 6.15. The van der Waals surface area contributed by atoms with Crippen LogP contribution < -0.4 is 10.2 Å². The second-order valence-electron chi connectivity index (χ2n) is 4.94. The first kappa shape index (κ1) is 13.1. The van der Waals surface area contributed by atoms with Gasteiger partial charge in [0.25, 0.3) is 5.69 Å². The molecule has 0 amide bonds. The largest absolute Gasteiger partial charge is 0.358 e. The maximum Gasteiger partial charge on any atom is 0.271 e. The predicted octanol–water partition coefficient (Wildman–Crippen LogP) is 1.41. The monoisotopic (exact) mass is 270 g/mol. The van der Waals surface area contributed by atoms with Crippen LogP contribution >= 0.6 is 11.6 Å². The van der Waals surface area contributed by atoms with Crippen molar-refractivity contribution in [1.29, 1.82) is 0 Å². The average Bonchev–Trinajstić information content (AvgIpc) is 2.27. The number of non-ortho nitro benzene ring substituents is 1. The highest BCUT2D eigenvalue weighted by molar-refractivity contribution is 6.33. The van der Waals surface area contributed by atoms with E-state index in [4.69, 9.17) is 11.6 Å². The van der Waals surface area contributed by atoms with E-state index in [1.54, 1.807) is 6.07 Å². The van der Waals surface area contributed by atoms with Crippen molar-refractivity contribution in [2.75, 3.05) is 18.0 Å². The second kappa shape index (κ2) is 5.12. The summed E-state index contributed by atoms with van der Waals surface area (Å²) in [6, 6.07) is 5.67. The number of anilines is 1. The number of nitro groups is 1. The molecule has 1 aromatic rings. The van der Waals surface area contributed by atoms with Gasteiger partial charge in [0.1, 0.15) is 12.1 Å². The molecule has 1 fully saturated rings. The van der Waals surface area contributed by atoms with Gasteiger partial charge in [-0.15, -0.1) is 0 Å². The summed E-state index contributed by atoms with van der Waals surface area (Å²) in [6.07, 6.45) is 0. The zero-order chi connectivity index (χ0) is 13.3. The Morgan fingerprint density at radius 1 is 1.39 bits per heavy atom. The number of nitro benzene ring substituents is 1. The lowest BCUT2D eigenvalue weighted by Crippen LogP contribution is -2.99. The molecule has 0 aromatic heterocycles. The van der Waals surface area contributed by atoms with Crippen LogP contribution in [-0.2, 0) is 0 Å². The number of hydrogen-bond donors (Lipinski definition) is 1. The molecule has 6 heteroatoms. The van der Waals surface area contributed by atoms with Crippen molar-refractivity contribution in [3.63, 3.8) is 0 Å². The molecule has 2 N–H and O–H groups in total. The van der Waals surface area contributed by atoms with Crippen molar-refractivity contribution in [3.05, 3.63) is 33.3 Å². The van der Waals surface area contributed by atoms with E-state index >= 15 is 0 Å². The Kier molecular flexibility index (Phi) is 3.73. The van der Waals surface area contributed by atoms with Gasteiger partial charge in [-0.1, -0.05) is 11.6 Å². The molecule has 2 atom stereocenters. The van der Waals surface area contributed by atoms with E-state index in [2.05, 4.69) is 24.1 Å². The fourth-order valence-corrected chi connectivity index (χ4v) is 2.81. The number of hydrogen-bond acceptors (Lipinski definition) is 3. The molecule has 0 bridgehead atoms. The molecular formula is C12H17ClN3O2+. The van der Waals surface area contributed by atoms with Gasteiger partial charge >= 0.3 is 0 Å². The van der Waals surface area contributed by atoms with Crippen LogP contribution in [0, 0.1) is 10.1 Å². The van der Waals surface area contributed by atoms with Crippen LogP contribution in [0.2, 0.25) is 5.02 Å². The number of rotatable bonds is 2. The molecule has 1 saturated heterocycles. The van der Waals surface area contributed by atoms with E-state index in [9.17, 15) is 10.1 Å². The molecule has 2 unspecified atom stereocenters. The fraction of sp³-hybridized carbons (Fsp3) is 0.500. The minimum Gasteiger partial charge on any atom is -0.358 e. The first-order chi connectivity index (χ1) is 8.47. The van der Waals surface area contributed by atoms with Gasteiger partial charge in [-0.2, -0.15) is 0 Å². The van der Waals surface area contributed by atoms with Crippen LogP contribution in [0.25, 0.3) is 0 Å². The second-order valence-corrected chi connectivity index (χ2v) is 5.35. The molecule has 0 spiro atoms. The highest BCUT2D eigenvalue weighted by Gasteiger charge is 2.26. The summed E-state index contributed by atoms with van der Waals surface area (Å²) in [6.45, 7) is 6.15. The summed E-state index contributed by atoms with van der Waals surface area (Å²) in [5.41, 5.74) is 0.919. The van der Waals surface area contributed by atoms with Gasteiger partial charge in [0.2, 0.25) is 0 Å². The van der Waals surface area contributed by atoms with Gasteiger partial charge in [0, 0.05) is 12.1 Å². The lowest BCUT2D eigenvalue weighted by molar-refractivity contribution is -0.716. The number of halogens is 1. The summed E-state index contributed by atoms with van der Waals surface area (Å²) in [7, 11) is 0. The molecule has 0 aliphatic carbocycles. The molecule has 0 radical (unpaired) electrons. The Labute approximate surface area is 111 Å². The van der Waals surface area contributed by atoms with Gasteiger partial charge in [-0.05, 0) is 19.9 Å². The first-order valence-corrected chi connectivity index (χ1v) is 6.39. The SMILES string of the molecule is CC1CN(c2ccc([N+](=O)[O-])cc2Cl)CC(C)[NH2+]1. The van der Waals surface area contributed by atoms with Crippen molar-refractivity contribution in [1.82, 2.24) is 0 Å². The lowest BCUT2D eigenvalue weighted by atomic mass is 10.1. The van der Waals surface area contributed by atoms with Crippen molar-refractivity contribution in [3.8, 4) is 0 Å². The molecule has 0 saturated carbocycles. The predicted molar refractivity (Wildman–Crippen MR) is 71.2 cm³/mol. The van der Waals surface area contributed by atoms with E-state index in [1.807, 2.05) is 0 Å². The summed E-state index contributed by atoms with van der Waals surface area (Å²) in [5.74, 6) is 0. The van der Waals surface area contributed by atoms with E-state index in [-0.39, 0.29) is 5.69 Å². The summed E-state index contributed by atoms with van der Waals surface area (Å²) in [4.78, 5) is 12.4. The molecule has 1 aliphatic rings. The van der Waals surface area contributed by atoms with Crippen molar-refractivity contribution in [2.24, 2.45) is 0 Å². The summed E-state index contributed by atoms with van der Waals surface area (Å²) < 4.78 is 0. The molecular weight excluding hydrogens is 254 g/mol. The van der Waals surface area contributed by atoms with Gasteiger partial charge in [-0.25, -0.2) is 0 Å². The maximum atomic E-state index is 10.7. The topological polar surface area (TPSA) is 63.0 Å². The van der Waals surface area contributed by atoms with E-state index < -0.39 is 4.92 Å². The smallest absolute Gasteiger partial charge is 0.271 e. The zero-order valence-electron chi connectivity index (χ0n) is 10.5. The zero-order valence-corrected chi connectivity index (χ0v) is 11.2. The molecule has 1 aromatic carbocycles. The van der Waals surface area contributed by atoms with Gasteiger partial charge in [-0.3, -0.25) is 10.1 Å². The lowest BCUT2D eigenvalue weighted by Gasteiger charge is -2.35. The Morgan fingerprint density at radius 2 is 2.00 bits per heavy atom. The van der Waals surface area contributed by atoms with E-state index in [1.165, 1.54) is 12.1 Å². The Bertz CT molecular complexity index is 457. The minimum atomic E-state index is -0.426. The van der Waals surface area contributed by atoms with Crippen molar-refractivity contribution >= 4 is 23.0 Å². The third-order valence-electron chi connectivity index (χ3n) is 3.16. The fourth-order valence-electron chi connectivity index (χ4n) is 2.51. The van der Waals surface area contributed by atoms with Crippen molar-refractivity contribution < 1.29 is 10.2 Å². The van der Waals surface area contributed by atoms with Crippen LogP contribution in [0.3, 0.4) is 0 Å². The van der Waals surface area contributed by atoms with Crippen LogP contribution in [-0.4, -0.2) is 30.1 Å². The highest BCUT2D eigenvalue weighted by atomic mass is 35.5. The van der Waals surface area contributed by atoms with Gasteiger partial charge < -0.3 is 10.2 Å².